The fourth-order valence-electron chi connectivity index (χ4n) is 3.56. The van der Waals surface area contributed by atoms with E-state index in [1.54, 1.807) is 0 Å². The molecule has 3 aromatic carbocycles. The molecule has 0 radical (unpaired) electrons. The number of hydrogen-bond acceptors (Lipinski definition) is 1. The van der Waals surface area contributed by atoms with Crippen LogP contribution < -0.4 is 4.90 Å². The second kappa shape index (κ2) is 8.23. The normalized spacial score (nSPS) is 12.4. The molecule has 1 heteroatoms. The van der Waals surface area contributed by atoms with E-state index in [9.17, 15) is 0 Å². The van der Waals surface area contributed by atoms with Gasteiger partial charge in [-0.2, -0.15) is 0 Å². The van der Waals surface area contributed by atoms with Crippen LogP contribution in [0.1, 0.15) is 50.8 Å². The van der Waals surface area contributed by atoms with Gasteiger partial charge in [-0.1, -0.05) is 88.4 Å². The summed E-state index contributed by atoms with van der Waals surface area (Å²) >= 11 is 0. The predicted molar refractivity (Wildman–Crippen MR) is 113 cm³/mol. The van der Waals surface area contributed by atoms with Crippen molar-refractivity contribution >= 4 is 11.4 Å². The zero-order chi connectivity index (χ0) is 18.5. The van der Waals surface area contributed by atoms with Gasteiger partial charge >= 0.3 is 0 Å². The van der Waals surface area contributed by atoms with Gasteiger partial charge < -0.3 is 4.90 Å². The highest BCUT2D eigenvalue weighted by Gasteiger charge is 2.25. The molecule has 0 aliphatic carbocycles. The first-order valence-electron chi connectivity index (χ1n) is 9.57. The molecule has 0 N–H and O–H groups in total. The van der Waals surface area contributed by atoms with Crippen LogP contribution in [0.2, 0.25) is 0 Å². The van der Waals surface area contributed by atoms with Crippen molar-refractivity contribution in [1.29, 1.82) is 0 Å². The van der Waals surface area contributed by atoms with Crippen molar-refractivity contribution in [3.8, 4) is 0 Å². The highest BCUT2D eigenvalue weighted by molar-refractivity contribution is 5.65. The quantitative estimate of drug-likeness (QED) is 0.452. The van der Waals surface area contributed by atoms with Crippen LogP contribution >= 0.6 is 0 Å². The Hall–Kier alpha value is -2.54. The molecule has 0 aliphatic rings. The Bertz CT molecular complexity index is 749. The van der Waals surface area contributed by atoms with Crippen molar-refractivity contribution in [3.05, 3.63) is 96.1 Å². The molecule has 0 fully saturated rings. The van der Waals surface area contributed by atoms with Crippen molar-refractivity contribution in [1.82, 2.24) is 0 Å². The lowest BCUT2D eigenvalue weighted by Crippen LogP contribution is -2.28. The summed E-state index contributed by atoms with van der Waals surface area (Å²) in [6.45, 7) is 9.10. The SMILES string of the molecule is CC(C)c1ccc(C(C(C)C)N(c2ccccc2)c2ccccc2)cc1. The number of benzene rings is 3. The molecule has 0 heterocycles. The number of anilines is 2. The van der Waals surface area contributed by atoms with E-state index in [0.717, 1.165) is 0 Å². The van der Waals surface area contributed by atoms with Crippen LogP contribution in [-0.2, 0) is 0 Å². The fourth-order valence-corrected chi connectivity index (χ4v) is 3.56. The van der Waals surface area contributed by atoms with Crippen LogP contribution in [0.25, 0.3) is 0 Å². The molecule has 3 rings (SSSR count). The third-order valence-corrected chi connectivity index (χ3v) is 4.92. The summed E-state index contributed by atoms with van der Waals surface area (Å²) in [5.41, 5.74) is 5.20. The highest BCUT2D eigenvalue weighted by Crippen LogP contribution is 2.39. The molecule has 0 bridgehead atoms. The van der Waals surface area contributed by atoms with E-state index >= 15 is 0 Å². The maximum Gasteiger partial charge on any atom is 0.0614 e. The molecule has 26 heavy (non-hydrogen) atoms. The van der Waals surface area contributed by atoms with Crippen molar-refractivity contribution in [2.75, 3.05) is 4.90 Å². The molecule has 0 spiro atoms. The van der Waals surface area contributed by atoms with Crippen LogP contribution in [-0.4, -0.2) is 0 Å². The highest BCUT2D eigenvalue weighted by atomic mass is 15.2. The van der Waals surface area contributed by atoms with Gasteiger partial charge in [-0.05, 0) is 47.2 Å². The van der Waals surface area contributed by atoms with Gasteiger partial charge in [-0.25, -0.2) is 0 Å². The van der Waals surface area contributed by atoms with Crippen LogP contribution in [0.15, 0.2) is 84.9 Å². The maximum atomic E-state index is 2.47. The standard InChI is InChI=1S/C25H29N/c1-19(2)21-15-17-22(18-16-21)25(20(3)4)26(23-11-7-5-8-12-23)24-13-9-6-10-14-24/h5-20,25H,1-4H3. The first-order chi connectivity index (χ1) is 12.6. The molecule has 0 saturated carbocycles. The largest absolute Gasteiger partial charge is 0.334 e. The minimum Gasteiger partial charge on any atom is -0.334 e. The summed E-state index contributed by atoms with van der Waals surface area (Å²) in [6.07, 6.45) is 0. The molecule has 1 nitrogen and oxygen atoms in total. The molecule has 0 aromatic heterocycles. The van der Waals surface area contributed by atoms with E-state index in [1.165, 1.54) is 22.5 Å². The average Bonchev–Trinajstić information content (AvgIpc) is 2.67. The molecule has 1 atom stereocenters. The van der Waals surface area contributed by atoms with Gasteiger partial charge in [0.25, 0.3) is 0 Å². The summed E-state index contributed by atoms with van der Waals surface area (Å²) in [4.78, 5) is 2.47. The van der Waals surface area contributed by atoms with Gasteiger partial charge in [-0.15, -0.1) is 0 Å². The Morgan fingerprint density at radius 1 is 0.538 bits per heavy atom. The summed E-state index contributed by atoms with van der Waals surface area (Å²) in [5.74, 6) is 1.03. The van der Waals surface area contributed by atoms with Crippen molar-refractivity contribution < 1.29 is 0 Å². The Morgan fingerprint density at radius 3 is 1.35 bits per heavy atom. The average molecular weight is 344 g/mol. The topological polar surface area (TPSA) is 3.24 Å². The number of rotatable bonds is 6. The van der Waals surface area contributed by atoms with Crippen LogP contribution in [0.4, 0.5) is 11.4 Å². The third kappa shape index (κ3) is 3.99. The van der Waals surface area contributed by atoms with E-state index < -0.39 is 0 Å². The van der Waals surface area contributed by atoms with Crippen molar-refractivity contribution in [2.24, 2.45) is 5.92 Å². The first kappa shape index (κ1) is 18.3. The monoisotopic (exact) mass is 343 g/mol. The van der Waals surface area contributed by atoms with Gasteiger partial charge in [0.2, 0.25) is 0 Å². The van der Waals surface area contributed by atoms with Crippen molar-refractivity contribution in [2.45, 2.75) is 39.7 Å². The Balaban J connectivity index is 2.09. The zero-order valence-corrected chi connectivity index (χ0v) is 16.3. The van der Waals surface area contributed by atoms with E-state index in [-0.39, 0.29) is 6.04 Å². The second-order valence-corrected chi connectivity index (χ2v) is 7.55. The minimum absolute atomic E-state index is 0.279. The Kier molecular flexibility index (Phi) is 5.78. The second-order valence-electron chi connectivity index (χ2n) is 7.55. The fraction of sp³-hybridized carbons (Fsp3) is 0.280. The molecule has 134 valence electrons. The number of para-hydroxylation sites is 2. The van der Waals surface area contributed by atoms with E-state index in [4.69, 9.17) is 0 Å². The lowest BCUT2D eigenvalue weighted by Gasteiger charge is -2.37. The van der Waals surface area contributed by atoms with E-state index in [1.807, 2.05) is 0 Å². The Labute approximate surface area is 158 Å². The van der Waals surface area contributed by atoms with Gasteiger partial charge in [-0.3, -0.25) is 0 Å². The lowest BCUT2D eigenvalue weighted by atomic mass is 9.91. The van der Waals surface area contributed by atoms with Crippen molar-refractivity contribution in [3.63, 3.8) is 0 Å². The number of nitrogens with zero attached hydrogens (tertiary/aromatic N) is 1. The van der Waals surface area contributed by atoms with E-state index in [2.05, 4.69) is 118 Å². The maximum absolute atomic E-state index is 2.47. The first-order valence-corrected chi connectivity index (χ1v) is 9.57. The Morgan fingerprint density at radius 2 is 0.962 bits per heavy atom. The van der Waals surface area contributed by atoms with Crippen LogP contribution in [0.5, 0.6) is 0 Å². The predicted octanol–water partition coefficient (Wildman–Crippen LogP) is 7.35. The minimum atomic E-state index is 0.279. The summed E-state index contributed by atoms with van der Waals surface area (Å²) in [5, 5.41) is 0. The molecular formula is C25H29N. The molecular weight excluding hydrogens is 314 g/mol. The number of hydrogen-bond donors (Lipinski definition) is 0. The molecule has 0 amide bonds. The van der Waals surface area contributed by atoms with Gasteiger partial charge in [0.1, 0.15) is 0 Å². The van der Waals surface area contributed by atoms with Gasteiger partial charge in [0.05, 0.1) is 6.04 Å². The molecule has 3 aromatic rings. The van der Waals surface area contributed by atoms with Gasteiger partial charge in [0.15, 0.2) is 0 Å². The zero-order valence-electron chi connectivity index (χ0n) is 16.3. The van der Waals surface area contributed by atoms with Crippen LogP contribution in [0.3, 0.4) is 0 Å². The lowest BCUT2D eigenvalue weighted by molar-refractivity contribution is 0.504. The molecule has 0 saturated heterocycles. The summed E-state index contributed by atoms with van der Waals surface area (Å²) < 4.78 is 0. The smallest absolute Gasteiger partial charge is 0.0614 e. The third-order valence-electron chi connectivity index (χ3n) is 4.92. The molecule has 1 unspecified atom stereocenters. The van der Waals surface area contributed by atoms with Gasteiger partial charge in [0, 0.05) is 11.4 Å². The molecule has 0 aliphatic heterocycles. The summed E-state index contributed by atoms with van der Waals surface area (Å²) in [7, 11) is 0. The van der Waals surface area contributed by atoms with Crippen LogP contribution in [0, 0.1) is 5.92 Å². The summed E-state index contributed by atoms with van der Waals surface area (Å²) in [6, 6.07) is 30.9. The van der Waals surface area contributed by atoms with E-state index in [0.29, 0.717) is 11.8 Å².